The number of nitrogens with zero attached hydrogens (tertiary/aromatic N) is 1. The molecule has 0 bridgehead atoms. The molecule has 6 rings (SSSR count). The van der Waals surface area contributed by atoms with Crippen molar-refractivity contribution in [2.45, 2.75) is 29.4 Å². The summed E-state index contributed by atoms with van der Waals surface area (Å²) in [5.74, 6) is -0.0345. The van der Waals surface area contributed by atoms with Gasteiger partial charge in [-0.15, -0.1) is 0 Å². The van der Waals surface area contributed by atoms with Crippen LogP contribution in [0.4, 0.5) is 4.39 Å². The first-order valence-corrected chi connectivity index (χ1v) is 20.9. The Kier molecular flexibility index (Phi) is 12.3. The molecule has 6 aromatic carbocycles. The molecular weight excluding hydrogens is 802 g/mol. The van der Waals surface area contributed by atoms with Crippen molar-refractivity contribution < 1.29 is 40.6 Å². The number of hydrogen-bond donors (Lipinski definition) is 2. The molecule has 0 aliphatic rings. The van der Waals surface area contributed by atoms with Crippen LogP contribution in [0, 0.1) is 5.82 Å². The third-order valence-electron chi connectivity index (χ3n) is 8.26. The Morgan fingerprint density at radius 1 is 0.696 bits per heavy atom. The van der Waals surface area contributed by atoms with Gasteiger partial charge in [0.25, 0.3) is 5.91 Å². The predicted octanol–water partition coefficient (Wildman–Crippen LogP) is 9.15. The van der Waals surface area contributed by atoms with Crippen LogP contribution in [0.2, 0.25) is 10.0 Å². The van der Waals surface area contributed by atoms with Gasteiger partial charge in [-0.05, 0) is 108 Å². The number of phenols is 1. The molecule has 0 aliphatic carbocycles. The van der Waals surface area contributed by atoms with Crippen molar-refractivity contribution >= 4 is 49.0 Å². The minimum Gasteiger partial charge on any atom is -0.505 e. The van der Waals surface area contributed by atoms with Crippen LogP contribution in [0.15, 0.2) is 143 Å². The number of carbonyl (C=O) groups excluding carboxylic acids is 1. The van der Waals surface area contributed by atoms with Gasteiger partial charge < -0.3 is 19.9 Å². The monoisotopic (exact) mass is 834 g/mol. The summed E-state index contributed by atoms with van der Waals surface area (Å²) in [6.45, 7) is -0.703. The minimum atomic E-state index is -4.60. The largest absolute Gasteiger partial charge is 0.505 e. The molecule has 56 heavy (non-hydrogen) atoms. The van der Waals surface area contributed by atoms with Crippen molar-refractivity contribution in [2.75, 3.05) is 6.26 Å². The number of sulfonamides is 1. The molecular formula is C41H33Cl2FN2O8S2. The van der Waals surface area contributed by atoms with E-state index in [2.05, 4.69) is 5.32 Å². The number of nitrogens with one attached hydrogen (secondary N) is 1. The van der Waals surface area contributed by atoms with E-state index in [4.69, 9.17) is 32.7 Å². The molecule has 2 N–H and O–H groups in total. The van der Waals surface area contributed by atoms with Gasteiger partial charge in [0.2, 0.25) is 10.0 Å². The first kappa shape index (κ1) is 40.2. The number of benzene rings is 6. The van der Waals surface area contributed by atoms with Gasteiger partial charge in [0.05, 0.1) is 9.92 Å². The Balaban J connectivity index is 1.35. The van der Waals surface area contributed by atoms with Gasteiger partial charge in [0.1, 0.15) is 33.7 Å². The average molecular weight is 836 g/mol. The van der Waals surface area contributed by atoms with Gasteiger partial charge in [0.15, 0.2) is 15.6 Å². The van der Waals surface area contributed by atoms with Gasteiger partial charge in [-0.1, -0.05) is 65.7 Å². The normalized spacial score (nSPS) is 11.7. The predicted molar refractivity (Wildman–Crippen MR) is 211 cm³/mol. The third kappa shape index (κ3) is 10.2. The zero-order valence-electron chi connectivity index (χ0n) is 29.5. The number of carbonyl (C=O) groups is 1. The minimum absolute atomic E-state index is 0.0223. The van der Waals surface area contributed by atoms with Gasteiger partial charge >= 0.3 is 0 Å². The van der Waals surface area contributed by atoms with E-state index in [9.17, 15) is 31.1 Å². The number of rotatable bonds is 14. The van der Waals surface area contributed by atoms with Crippen molar-refractivity contribution in [1.29, 1.82) is 0 Å². The molecule has 0 heterocycles. The second kappa shape index (κ2) is 17.1. The van der Waals surface area contributed by atoms with Crippen molar-refractivity contribution in [3.8, 4) is 28.7 Å². The van der Waals surface area contributed by atoms with Gasteiger partial charge in [-0.2, -0.15) is 4.31 Å². The number of phenolic OH excluding ortho intramolecular Hbond substituents is 1. The Bertz CT molecular complexity index is 2610. The van der Waals surface area contributed by atoms with Crippen molar-refractivity contribution in [2.24, 2.45) is 0 Å². The molecule has 0 aliphatic heterocycles. The van der Waals surface area contributed by atoms with E-state index < -0.39 is 42.2 Å². The molecule has 0 atom stereocenters. The van der Waals surface area contributed by atoms with Crippen LogP contribution in [-0.2, 0) is 39.5 Å². The van der Waals surface area contributed by atoms with Crippen LogP contribution < -0.4 is 14.8 Å². The summed E-state index contributed by atoms with van der Waals surface area (Å²) in [6.07, 6.45) is 1.04. The Labute approximate surface area is 333 Å². The van der Waals surface area contributed by atoms with Crippen LogP contribution in [0.25, 0.3) is 0 Å². The molecule has 10 nitrogen and oxygen atoms in total. The maximum absolute atomic E-state index is 14.4. The number of hydrogen-bond acceptors (Lipinski definition) is 8. The molecule has 0 aromatic heterocycles. The highest BCUT2D eigenvalue weighted by Crippen LogP contribution is 2.37. The van der Waals surface area contributed by atoms with Crippen molar-refractivity contribution in [1.82, 2.24) is 9.62 Å². The number of aromatic hydroxyl groups is 1. The highest BCUT2D eigenvalue weighted by atomic mass is 35.5. The summed E-state index contributed by atoms with van der Waals surface area (Å²) in [4.78, 5) is 12.8. The standard InChI is InChI=1S/C41H33Cl2FN2O8S2/c1-55(49,50)37-12-5-7-27(20-37)25-46(56(51,52)39-23-31(42)22-38(43)40(39)47)26-29-17-28(18-36(19-29)54-34-15-13-32(44)14-16-34)24-45-41(48)30-8-6-11-35(21-30)53-33-9-3-2-4-10-33/h2-23,47H,24-26H2,1H3,(H,45,48). The number of sulfone groups is 1. The fourth-order valence-electron chi connectivity index (χ4n) is 5.62. The van der Waals surface area contributed by atoms with Gasteiger partial charge in [-0.3, -0.25) is 4.79 Å². The topological polar surface area (TPSA) is 139 Å². The molecule has 0 unspecified atom stereocenters. The lowest BCUT2D eigenvalue weighted by Gasteiger charge is -2.24. The van der Waals surface area contributed by atoms with E-state index in [-0.39, 0.29) is 46.1 Å². The highest BCUT2D eigenvalue weighted by Gasteiger charge is 2.30. The number of para-hydroxylation sites is 1. The van der Waals surface area contributed by atoms with Crippen LogP contribution in [0.3, 0.4) is 0 Å². The first-order valence-electron chi connectivity index (χ1n) is 16.8. The van der Waals surface area contributed by atoms with E-state index in [0.29, 0.717) is 33.8 Å². The summed E-state index contributed by atoms with van der Waals surface area (Å²) >= 11 is 12.3. The van der Waals surface area contributed by atoms with E-state index in [1.807, 2.05) is 18.2 Å². The Morgan fingerprint density at radius 2 is 1.34 bits per heavy atom. The zero-order chi connectivity index (χ0) is 40.0. The smallest absolute Gasteiger partial charge is 0.251 e. The second-order valence-corrected chi connectivity index (χ2v) is 17.4. The van der Waals surface area contributed by atoms with E-state index in [0.717, 1.165) is 16.6 Å². The lowest BCUT2D eigenvalue weighted by atomic mass is 10.1. The summed E-state index contributed by atoms with van der Waals surface area (Å²) in [7, 11) is -8.24. The molecule has 0 spiro atoms. The summed E-state index contributed by atoms with van der Waals surface area (Å²) < 4.78 is 80.1. The summed E-state index contributed by atoms with van der Waals surface area (Å²) in [5, 5.41) is 13.3. The van der Waals surface area contributed by atoms with Crippen molar-refractivity contribution in [3.63, 3.8) is 0 Å². The Hall–Kier alpha value is -5.44. The molecule has 0 radical (unpaired) electrons. The Morgan fingerprint density at radius 3 is 2.07 bits per heavy atom. The lowest BCUT2D eigenvalue weighted by molar-refractivity contribution is 0.0950. The number of halogens is 3. The second-order valence-electron chi connectivity index (χ2n) is 12.6. The quantitative estimate of drug-likeness (QED) is 0.111. The molecule has 15 heteroatoms. The van der Waals surface area contributed by atoms with E-state index >= 15 is 0 Å². The van der Waals surface area contributed by atoms with E-state index in [1.54, 1.807) is 60.7 Å². The summed E-state index contributed by atoms with van der Waals surface area (Å²) in [5.41, 5.74) is 1.54. The van der Waals surface area contributed by atoms with Crippen LogP contribution in [-0.4, -0.2) is 38.4 Å². The maximum atomic E-state index is 14.4. The average Bonchev–Trinajstić information content (AvgIpc) is 3.16. The first-order chi connectivity index (χ1) is 26.6. The van der Waals surface area contributed by atoms with Gasteiger partial charge in [0, 0.05) is 36.5 Å². The number of ether oxygens (including phenoxy) is 2. The van der Waals surface area contributed by atoms with Crippen LogP contribution in [0.1, 0.15) is 27.0 Å². The zero-order valence-corrected chi connectivity index (χ0v) is 32.7. The molecule has 0 saturated carbocycles. The molecule has 6 aromatic rings. The SMILES string of the molecule is CS(=O)(=O)c1cccc(CN(Cc2cc(CNC(=O)c3cccc(Oc4ccccc4)c3)cc(Oc3ccc(F)cc3)c2)S(=O)(=O)c2cc(Cl)cc(Cl)c2O)c1. The molecule has 0 saturated heterocycles. The van der Waals surface area contributed by atoms with Crippen LogP contribution in [0.5, 0.6) is 28.7 Å². The summed E-state index contributed by atoms with van der Waals surface area (Å²) in [6, 6.07) is 34.0. The molecule has 1 amide bonds. The van der Waals surface area contributed by atoms with Gasteiger partial charge in [-0.25, -0.2) is 21.2 Å². The lowest BCUT2D eigenvalue weighted by Crippen LogP contribution is -2.30. The third-order valence-corrected chi connectivity index (χ3v) is 11.7. The fourth-order valence-corrected chi connectivity index (χ4v) is 8.47. The molecule has 0 fully saturated rings. The van der Waals surface area contributed by atoms with Crippen molar-refractivity contribution in [3.05, 3.63) is 172 Å². The highest BCUT2D eigenvalue weighted by molar-refractivity contribution is 7.90. The van der Waals surface area contributed by atoms with E-state index in [1.165, 1.54) is 48.5 Å². The maximum Gasteiger partial charge on any atom is 0.251 e. The molecule has 288 valence electrons. The number of amides is 1. The van der Waals surface area contributed by atoms with Crippen LogP contribution >= 0.6 is 23.2 Å². The fraction of sp³-hybridized carbons (Fsp3) is 0.0976.